The molecule has 4 nitrogen and oxygen atoms in total. The third-order valence-electron chi connectivity index (χ3n) is 2.77. The quantitative estimate of drug-likeness (QED) is 0.881. The Kier molecular flexibility index (Phi) is 4.52. The van der Waals surface area contributed by atoms with E-state index in [0.29, 0.717) is 19.7 Å². The number of ether oxygens (including phenoxy) is 1. The van der Waals surface area contributed by atoms with Crippen molar-refractivity contribution in [2.45, 2.75) is 12.3 Å². The lowest BCUT2D eigenvalue weighted by Gasteiger charge is -2.23. The van der Waals surface area contributed by atoms with E-state index in [2.05, 4.69) is 10.6 Å². The fourth-order valence-electron chi connectivity index (χ4n) is 1.74. The average molecular weight is 309 g/mol. The first-order valence-electron chi connectivity index (χ1n) is 5.88. The maximum absolute atomic E-state index is 12.5. The highest BCUT2D eigenvalue weighted by atomic mass is 35.5. The van der Waals surface area contributed by atoms with Crippen molar-refractivity contribution >= 4 is 23.2 Å². The second kappa shape index (κ2) is 5.99. The van der Waals surface area contributed by atoms with Gasteiger partial charge < -0.3 is 15.4 Å². The summed E-state index contributed by atoms with van der Waals surface area (Å²) >= 11 is 5.75. The van der Waals surface area contributed by atoms with Crippen molar-refractivity contribution < 1.29 is 22.7 Å². The second-order valence-corrected chi connectivity index (χ2v) is 4.65. The van der Waals surface area contributed by atoms with Crippen LogP contribution in [0.5, 0.6) is 0 Å². The van der Waals surface area contributed by atoms with E-state index in [0.717, 1.165) is 18.2 Å². The van der Waals surface area contributed by atoms with Crippen LogP contribution >= 0.6 is 11.6 Å². The van der Waals surface area contributed by atoms with E-state index in [1.807, 2.05) is 0 Å². The molecule has 0 radical (unpaired) electrons. The summed E-state index contributed by atoms with van der Waals surface area (Å²) in [5.74, 6) is -0.446. The zero-order chi connectivity index (χ0) is 14.8. The minimum Gasteiger partial charge on any atom is -0.366 e. The minimum atomic E-state index is -4.47. The third-order valence-corrected chi connectivity index (χ3v) is 3.09. The molecule has 1 unspecified atom stereocenters. The predicted octanol–water partition coefficient (Wildman–Crippen LogP) is 2.29. The Morgan fingerprint density at radius 2 is 2.20 bits per heavy atom. The number of benzene rings is 1. The first-order valence-corrected chi connectivity index (χ1v) is 6.25. The fourth-order valence-corrected chi connectivity index (χ4v) is 1.97. The third kappa shape index (κ3) is 3.62. The number of morpholine rings is 1. The molecule has 1 aliphatic rings. The predicted molar refractivity (Wildman–Crippen MR) is 67.7 cm³/mol. The number of amides is 1. The van der Waals surface area contributed by atoms with Gasteiger partial charge in [-0.2, -0.15) is 13.2 Å². The van der Waals surface area contributed by atoms with Crippen LogP contribution in [0.2, 0.25) is 5.02 Å². The smallest absolute Gasteiger partial charge is 0.366 e. The summed E-state index contributed by atoms with van der Waals surface area (Å²) in [7, 11) is 0. The molecule has 1 aliphatic heterocycles. The van der Waals surface area contributed by atoms with Crippen LogP contribution in [-0.2, 0) is 15.7 Å². The van der Waals surface area contributed by atoms with Crippen LogP contribution in [0.4, 0.5) is 18.9 Å². The molecule has 1 amide bonds. The summed E-state index contributed by atoms with van der Waals surface area (Å²) in [5, 5.41) is 5.26. The molecule has 2 N–H and O–H groups in total. The molecular formula is C12H12ClF3N2O2. The van der Waals surface area contributed by atoms with Gasteiger partial charge in [-0.1, -0.05) is 11.6 Å². The van der Waals surface area contributed by atoms with Gasteiger partial charge >= 0.3 is 6.18 Å². The fraction of sp³-hybridized carbons (Fsp3) is 0.417. The topological polar surface area (TPSA) is 50.4 Å². The number of rotatable bonds is 2. The first-order chi connectivity index (χ1) is 9.38. The molecular weight excluding hydrogens is 297 g/mol. The van der Waals surface area contributed by atoms with Gasteiger partial charge in [0.25, 0.3) is 5.91 Å². The van der Waals surface area contributed by atoms with E-state index < -0.39 is 23.8 Å². The molecule has 0 spiro atoms. The minimum absolute atomic E-state index is 0.124. The zero-order valence-corrected chi connectivity index (χ0v) is 11.0. The van der Waals surface area contributed by atoms with Crippen molar-refractivity contribution in [3.05, 3.63) is 28.8 Å². The summed E-state index contributed by atoms with van der Waals surface area (Å²) < 4.78 is 42.7. The number of hydrogen-bond acceptors (Lipinski definition) is 3. The van der Waals surface area contributed by atoms with Crippen molar-refractivity contribution in [3.8, 4) is 0 Å². The standard InChI is InChI=1S/C12H12ClF3N2O2/c13-8-5-7(12(14,15)16)1-2-9(8)18-11(19)10-6-17-3-4-20-10/h1-2,5,10,17H,3-4,6H2,(H,18,19). The van der Waals surface area contributed by atoms with Gasteiger partial charge in [-0.3, -0.25) is 4.79 Å². The number of halogens is 4. The molecule has 1 atom stereocenters. The maximum Gasteiger partial charge on any atom is 0.416 e. The van der Waals surface area contributed by atoms with Crippen molar-refractivity contribution in [3.63, 3.8) is 0 Å². The summed E-state index contributed by atoms with van der Waals surface area (Å²) in [6, 6.07) is 2.76. The SMILES string of the molecule is O=C(Nc1ccc(C(F)(F)F)cc1Cl)C1CNCCO1. The van der Waals surface area contributed by atoms with Crippen LogP contribution in [-0.4, -0.2) is 31.7 Å². The van der Waals surface area contributed by atoms with Crippen LogP contribution in [0.15, 0.2) is 18.2 Å². The number of carbonyl (C=O) groups is 1. The highest BCUT2D eigenvalue weighted by Crippen LogP contribution is 2.33. The molecule has 0 aliphatic carbocycles. The molecule has 8 heteroatoms. The monoisotopic (exact) mass is 308 g/mol. The molecule has 1 aromatic rings. The summed E-state index contributed by atoms with van der Waals surface area (Å²) in [4.78, 5) is 11.8. The number of alkyl halides is 3. The lowest BCUT2D eigenvalue weighted by atomic mass is 10.2. The summed E-state index contributed by atoms with van der Waals surface area (Å²) in [6.07, 6.45) is -5.15. The number of carbonyl (C=O) groups excluding carboxylic acids is 1. The second-order valence-electron chi connectivity index (χ2n) is 4.25. The van der Waals surface area contributed by atoms with Crippen molar-refractivity contribution in [1.82, 2.24) is 5.32 Å². The molecule has 2 rings (SSSR count). The number of hydrogen-bond donors (Lipinski definition) is 2. The molecule has 1 aromatic carbocycles. The van der Waals surface area contributed by atoms with Gasteiger partial charge in [-0.15, -0.1) is 0 Å². The van der Waals surface area contributed by atoms with Crippen molar-refractivity contribution in [2.75, 3.05) is 25.0 Å². The summed E-state index contributed by atoms with van der Waals surface area (Å²) in [6.45, 7) is 1.41. The Morgan fingerprint density at radius 3 is 2.75 bits per heavy atom. The van der Waals surface area contributed by atoms with E-state index in [4.69, 9.17) is 16.3 Å². The summed E-state index contributed by atoms with van der Waals surface area (Å²) in [5.41, 5.74) is -0.741. The van der Waals surface area contributed by atoms with Crippen molar-refractivity contribution in [1.29, 1.82) is 0 Å². The van der Waals surface area contributed by atoms with Gasteiger partial charge in [0.05, 0.1) is 22.9 Å². The van der Waals surface area contributed by atoms with Crippen LogP contribution in [0, 0.1) is 0 Å². The van der Waals surface area contributed by atoms with Gasteiger partial charge in [0.1, 0.15) is 6.10 Å². The van der Waals surface area contributed by atoms with E-state index in [1.165, 1.54) is 0 Å². The Hall–Kier alpha value is -1.31. The Bertz CT molecular complexity index is 502. The highest BCUT2D eigenvalue weighted by Gasteiger charge is 2.31. The number of nitrogens with one attached hydrogen (secondary N) is 2. The molecule has 0 aromatic heterocycles. The maximum atomic E-state index is 12.5. The van der Waals surface area contributed by atoms with Crippen LogP contribution < -0.4 is 10.6 Å². The average Bonchev–Trinajstić information content (AvgIpc) is 2.41. The Balaban J connectivity index is 2.08. The van der Waals surface area contributed by atoms with Gasteiger partial charge in [-0.25, -0.2) is 0 Å². The molecule has 1 fully saturated rings. The van der Waals surface area contributed by atoms with Crippen LogP contribution in [0.25, 0.3) is 0 Å². The van der Waals surface area contributed by atoms with Gasteiger partial charge in [0.2, 0.25) is 0 Å². The molecule has 1 heterocycles. The normalized spacial score (nSPS) is 19.7. The first kappa shape index (κ1) is 15.1. The van der Waals surface area contributed by atoms with Crippen molar-refractivity contribution in [2.24, 2.45) is 0 Å². The van der Waals surface area contributed by atoms with E-state index in [-0.39, 0.29) is 10.7 Å². The molecule has 1 saturated heterocycles. The molecule has 20 heavy (non-hydrogen) atoms. The zero-order valence-electron chi connectivity index (χ0n) is 10.3. The lowest BCUT2D eigenvalue weighted by molar-refractivity contribution is -0.137. The molecule has 110 valence electrons. The highest BCUT2D eigenvalue weighted by molar-refractivity contribution is 6.33. The largest absolute Gasteiger partial charge is 0.416 e. The van der Waals surface area contributed by atoms with Crippen LogP contribution in [0.1, 0.15) is 5.56 Å². The Labute approximate surface area is 118 Å². The molecule has 0 bridgehead atoms. The van der Waals surface area contributed by atoms with E-state index in [9.17, 15) is 18.0 Å². The van der Waals surface area contributed by atoms with Gasteiger partial charge in [0, 0.05) is 13.1 Å². The molecule has 0 saturated carbocycles. The van der Waals surface area contributed by atoms with E-state index in [1.54, 1.807) is 0 Å². The van der Waals surface area contributed by atoms with E-state index >= 15 is 0 Å². The van der Waals surface area contributed by atoms with Crippen LogP contribution in [0.3, 0.4) is 0 Å². The number of anilines is 1. The van der Waals surface area contributed by atoms with Gasteiger partial charge in [0.15, 0.2) is 0 Å². The Morgan fingerprint density at radius 1 is 1.45 bits per heavy atom. The lowest BCUT2D eigenvalue weighted by Crippen LogP contribution is -2.45. The van der Waals surface area contributed by atoms with Gasteiger partial charge in [-0.05, 0) is 18.2 Å².